The Morgan fingerprint density at radius 2 is 1.51 bits per heavy atom. The fraction of sp³-hybridized carbons (Fsp3) is 0.719. The number of esters is 2. The van der Waals surface area contributed by atoms with Gasteiger partial charge in [-0.1, -0.05) is 73.9 Å². The lowest BCUT2D eigenvalue weighted by atomic mass is 9.91. The maximum absolute atomic E-state index is 15.0. The van der Waals surface area contributed by atoms with Crippen molar-refractivity contribution in [1.29, 1.82) is 0 Å². The van der Waals surface area contributed by atoms with Crippen molar-refractivity contribution in [2.75, 3.05) is 34.4 Å². The summed E-state index contributed by atoms with van der Waals surface area (Å²) in [5.74, 6) is -10.4. The zero-order valence-corrected chi connectivity index (χ0v) is 48.9. The summed E-state index contributed by atoms with van der Waals surface area (Å²) in [6.07, 6.45) is -5.79. The van der Waals surface area contributed by atoms with Gasteiger partial charge in [0.2, 0.25) is 35.4 Å². The van der Waals surface area contributed by atoms with E-state index in [9.17, 15) is 63.3 Å². The first-order valence-corrected chi connectivity index (χ1v) is 28.1. The van der Waals surface area contributed by atoms with E-state index in [1.165, 1.54) is 49.8 Å². The monoisotopic (exact) mass is 1130 g/mol. The number of methoxy groups -OCH3 is 1. The van der Waals surface area contributed by atoms with Crippen LogP contribution in [0.4, 0.5) is 0 Å². The Balaban J connectivity index is 1.87. The number of hydrogen-bond acceptors (Lipinski definition) is 17. The van der Waals surface area contributed by atoms with Gasteiger partial charge in [0.15, 0.2) is 17.7 Å². The number of carbonyl (C=O) groups excluding carboxylic acids is 10. The zero-order valence-electron chi connectivity index (χ0n) is 48.9. The molecule has 0 bridgehead atoms. The molecular formula is C57H89N7O16. The van der Waals surface area contributed by atoms with Crippen LogP contribution in [0.3, 0.4) is 0 Å². The van der Waals surface area contributed by atoms with Crippen molar-refractivity contribution in [3.63, 3.8) is 0 Å². The highest BCUT2D eigenvalue weighted by Gasteiger charge is 2.46. The van der Waals surface area contributed by atoms with Crippen molar-refractivity contribution in [3.8, 4) is 5.75 Å². The average Bonchev–Trinajstić information content (AvgIpc) is 4.13. The topological polar surface area (TPSA) is 317 Å². The Hall–Kier alpha value is -6.04. The molecule has 448 valence electrons. The second-order valence-corrected chi connectivity index (χ2v) is 23.0. The molecule has 0 saturated carbocycles. The highest BCUT2D eigenvalue weighted by Crippen LogP contribution is 2.27. The summed E-state index contributed by atoms with van der Waals surface area (Å²) in [4.78, 5) is 147. The van der Waals surface area contributed by atoms with Gasteiger partial charge in [-0.05, 0) is 93.7 Å². The van der Waals surface area contributed by atoms with E-state index in [0.29, 0.717) is 24.2 Å². The van der Waals surface area contributed by atoms with Crippen LogP contribution in [0.1, 0.15) is 126 Å². The first-order chi connectivity index (χ1) is 37.6. The van der Waals surface area contributed by atoms with Crippen molar-refractivity contribution in [2.45, 2.75) is 200 Å². The molecule has 14 atom stereocenters. The van der Waals surface area contributed by atoms with Gasteiger partial charge in [-0.15, -0.1) is 0 Å². The maximum Gasteiger partial charge on any atom is 0.329 e. The van der Waals surface area contributed by atoms with Gasteiger partial charge >= 0.3 is 11.9 Å². The van der Waals surface area contributed by atoms with E-state index in [0.717, 1.165) is 0 Å². The number of aliphatic hydroxyl groups is 3. The summed E-state index contributed by atoms with van der Waals surface area (Å²) in [5.41, 5.74) is 0.563. The van der Waals surface area contributed by atoms with Crippen LogP contribution in [-0.4, -0.2) is 196 Å². The van der Waals surface area contributed by atoms with Gasteiger partial charge in [0.1, 0.15) is 48.2 Å². The van der Waals surface area contributed by atoms with Gasteiger partial charge in [-0.25, -0.2) is 4.79 Å². The first-order valence-electron chi connectivity index (χ1n) is 28.1. The number of cyclic esters (lactones) is 2. The van der Waals surface area contributed by atoms with Gasteiger partial charge in [0.25, 0.3) is 0 Å². The molecule has 0 radical (unpaired) electrons. The Labute approximate surface area is 470 Å². The minimum absolute atomic E-state index is 0.0594. The fourth-order valence-corrected chi connectivity index (χ4v) is 10.5. The van der Waals surface area contributed by atoms with Gasteiger partial charge < -0.3 is 60.2 Å². The number of rotatable bonds is 17. The standard InChI is InChI=1S/C57H89N7O16/c1-14-32(8)46-43(66)27-45(68)80-50(31(6)7)48(69)33(9)51(71)59-39(24-29(2)3)55(75)64-23-15-16-40(64)56(76)63(12)42(26-35-17-19-36(78-13)20-18-35)57(77)79-34(10)47(53(73)60-46)61-52(72)41(25-30(4)5)62(11)54(74)38-22-21-37(58-38)49(70)44(67)28-65/h17-20,29-34,37-44,46-47,50,58,65-67H,14-16,21-28H2,1-13H3,(H,59,71)(H,60,73)(H,61,72)/t32-,33-,34+,37?,38-,39-,40-,41+,42-,43-,44?,46+,47-,50-/m0/s1. The third-order valence-electron chi connectivity index (χ3n) is 15.6. The van der Waals surface area contributed by atoms with E-state index in [-0.39, 0.29) is 56.9 Å². The van der Waals surface area contributed by atoms with E-state index in [1.54, 1.807) is 52.0 Å². The highest BCUT2D eigenvalue weighted by atomic mass is 16.6. The van der Waals surface area contributed by atoms with E-state index < -0.39 is 162 Å². The van der Waals surface area contributed by atoms with Crippen LogP contribution in [0.25, 0.3) is 0 Å². The SMILES string of the molecule is CC[C@H](C)[C@H]1NC(=O)[C@@H](NC(=O)[C@@H](CC(C)C)N(C)C(=O)[C@@H]2CCC(C(=O)C(O)CO)N2)[C@@H](C)OC(=O)[C@H](Cc2ccc(OC)cc2)N(C)C(=O)[C@@H]2CCCN2C(=O)[C@H](CC(C)C)NC(=O)[C@@H](C)C(=O)[C@H](C(C)C)OC(=O)C[C@@H]1O. The highest BCUT2D eigenvalue weighted by molar-refractivity contribution is 6.05. The second-order valence-electron chi connectivity index (χ2n) is 23.0. The molecule has 6 amide bonds. The molecule has 23 heteroatoms. The Morgan fingerprint density at radius 1 is 0.875 bits per heavy atom. The molecule has 3 saturated heterocycles. The molecule has 3 heterocycles. The first kappa shape index (κ1) is 66.5. The summed E-state index contributed by atoms with van der Waals surface area (Å²) >= 11 is 0. The van der Waals surface area contributed by atoms with Crippen molar-refractivity contribution in [2.24, 2.45) is 29.6 Å². The number of carbonyl (C=O) groups is 10. The van der Waals surface area contributed by atoms with E-state index in [2.05, 4.69) is 21.3 Å². The number of fused-ring (bicyclic) bond motifs is 1. The molecule has 4 rings (SSSR count). The number of ether oxygens (including phenoxy) is 3. The molecule has 3 aliphatic rings. The summed E-state index contributed by atoms with van der Waals surface area (Å²) in [6, 6.07) is -3.19. The predicted octanol–water partition coefficient (Wildman–Crippen LogP) is 0.988. The van der Waals surface area contributed by atoms with Gasteiger partial charge in [0.05, 0.1) is 50.3 Å². The van der Waals surface area contributed by atoms with Crippen LogP contribution in [0.5, 0.6) is 5.75 Å². The lowest BCUT2D eigenvalue weighted by Crippen LogP contribution is -2.62. The molecule has 1 aromatic carbocycles. The zero-order chi connectivity index (χ0) is 60.0. The number of amides is 6. The molecule has 1 aromatic rings. The normalized spacial score (nSPS) is 28.4. The molecule has 0 spiro atoms. The Kier molecular flexibility index (Phi) is 25.0. The van der Waals surface area contributed by atoms with Gasteiger partial charge in [0, 0.05) is 27.1 Å². The molecule has 3 fully saturated rings. The number of Topliss-reactive ketones (excluding diaryl/α,β-unsaturated/α-hetero) is 2. The van der Waals surface area contributed by atoms with Gasteiger partial charge in [-0.2, -0.15) is 0 Å². The lowest BCUT2D eigenvalue weighted by molar-refractivity contribution is -0.163. The minimum atomic E-state index is -1.78. The maximum atomic E-state index is 15.0. The third-order valence-corrected chi connectivity index (χ3v) is 15.6. The van der Waals surface area contributed by atoms with Crippen molar-refractivity contribution in [3.05, 3.63) is 29.8 Å². The fourth-order valence-electron chi connectivity index (χ4n) is 10.5. The number of benzene rings is 1. The number of ketones is 2. The van der Waals surface area contributed by atoms with Crippen molar-refractivity contribution in [1.82, 2.24) is 36.0 Å². The van der Waals surface area contributed by atoms with Crippen LogP contribution in [0.2, 0.25) is 0 Å². The van der Waals surface area contributed by atoms with E-state index in [4.69, 9.17) is 14.2 Å². The third kappa shape index (κ3) is 17.2. The second kappa shape index (κ2) is 30.1. The van der Waals surface area contributed by atoms with Crippen molar-refractivity contribution < 1.29 is 77.5 Å². The van der Waals surface area contributed by atoms with Crippen LogP contribution in [0.15, 0.2) is 24.3 Å². The molecule has 80 heavy (non-hydrogen) atoms. The van der Waals surface area contributed by atoms with Crippen molar-refractivity contribution >= 4 is 58.9 Å². The number of nitrogens with one attached hydrogen (secondary N) is 4. The average molecular weight is 1130 g/mol. The van der Waals surface area contributed by atoms with Crippen LogP contribution >= 0.6 is 0 Å². The molecular weight excluding hydrogens is 1040 g/mol. The molecule has 7 N–H and O–H groups in total. The van der Waals surface area contributed by atoms with Crippen LogP contribution < -0.4 is 26.0 Å². The summed E-state index contributed by atoms with van der Waals surface area (Å²) in [7, 11) is 4.26. The smallest absolute Gasteiger partial charge is 0.329 e. The summed E-state index contributed by atoms with van der Waals surface area (Å²) in [6.45, 7) is 16.0. The molecule has 23 nitrogen and oxygen atoms in total. The van der Waals surface area contributed by atoms with Crippen LogP contribution in [0, 0.1) is 29.6 Å². The molecule has 0 aromatic heterocycles. The minimum Gasteiger partial charge on any atom is -0.497 e. The van der Waals surface area contributed by atoms with Crippen LogP contribution in [-0.2, 0) is 63.8 Å². The number of likely N-dealkylation sites (N-methyl/N-ethyl adjacent to an activating group) is 2. The Bertz CT molecular complexity index is 2350. The number of hydrogen-bond donors (Lipinski definition) is 7. The number of aliphatic hydroxyl groups excluding tert-OH is 3. The quantitative estimate of drug-likeness (QED) is 0.0845. The number of nitrogens with zero attached hydrogens (tertiary/aromatic N) is 3. The Morgan fingerprint density at radius 3 is 2.09 bits per heavy atom. The molecule has 2 unspecified atom stereocenters. The summed E-state index contributed by atoms with van der Waals surface area (Å²) < 4.78 is 17.2. The molecule has 3 aliphatic heterocycles. The largest absolute Gasteiger partial charge is 0.497 e. The summed E-state index contributed by atoms with van der Waals surface area (Å²) in [5, 5.41) is 42.3. The van der Waals surface area contributed by atoms with E-state index >= 15 is 0 Å². The predicted molar refractivity (Wildman–Crippen MR) is 292 cm³/mol. The molecule has 0 aliphatic carbocycles. The van der Waals surface area contributed by atoms with E-state index in [1.807, 2.05) is 27.7 Å². The lowest BCUT2D eigenvalue weighted by Gasteiger charge is -2.36. The van der Waals surface area contributed by atoms with Gasteiger partial charge in [-0.3, -0.25) is 48.5 Å².